The summed E-state index contributed by atoms with van der Waals surface area (Å²) >= 11 is 1.46. The van der Waals surface area contributed by atoms with E-state index in [9.17, 15) is 14.4 Å². The summed E-state index contributed by atoms with van der Waals surface area (Å²) in [4.78, 5) is 39.5. The molecule has 8 heteroatoms. The maximum absolute atomic E-state index is 13.2. The highest BCUT2D eigenvalue weighted by molar-refractivity contribution is 7.08. The lowest BCUT2D eigenvalue weighted by Gasteiger charge is -2.43. The molecule has 0 aromatic carbocycles. The van der Waals surface area contributed by atoms with Crippen molar-refractivity contribution in [2.75, 3.05) is 32.8 Å². The Kier molecular flexibility index (Phi) is 9.69. The van der Waals surface area contributed by atoms with E-state index in [1.54, 1.807) is 18.4 Å². The third-order valence-corrected chi connectivity index (χ3v) is 7.42. The predicted molar refractivity (Wildman–Crippen MR) is 126 cm³/mol. The molecule has 0 spiro atoms. The van der Waals surface area contributed by atoms with E-state index in [4.69, 9.17) is 4.74 Å². The molecule has 0 unspecified atom stereocenters. The average Bonchev–Trinajstić information content (AvgIpc) is 3.50. The summed E-state index contributed by atoms with van der Waals surface area (Å²) in [6.07, 6.45) is 8.17. The molecule has 32 heavy (non-hydrogen) atoms. The minimum absolute atomic E-state index is 0.00282. The van der Waals surface area contributed by atoms with Crippen molar-refractivity contribution in [1.29, 1.82) is 0 Å². The second kappa shape index (κ2) is 12.5. The summed E-state index contributed by atoms with van der Waals surface area (Å²) in [6.45, 7) is 5.52. The number of carbonyl (C=O) groups is 3. The van der Waals surface area contributed by atoms with Crippen molar-refractivity contribution in [3.63, 3.8) is 0 Å². The van der Waals surface area contributed by atoms with Crippen LogP contribution in [-0.2, 0) is 14.3 Å². The summed E-state index contributed by atoms with van der Waals surface area (Å²) in [7, 11) is 0. The van der Waals surface area contributed by atoms with Gasteiger partial charge in [-0.05, 0) is 44.1 Å². The zero-order valence-electron chi connectivity index (χ0n) is 19.2. The summed E-state index contributed by atoms with van der Waals surface area (Å²) in [5.74, 6) is -0.131. The number of Topliss-reactive ketones (excluding diaryl/α,β-unsaturated/α-hetero) is 1. The number of hydrogen-bond acceptors (Lipinski definition) is 6. The number of unbranched alkanes of at least 4 members (excludes halogenated alkanes) is 2. The van der Waals surface area contributed by atoms with Crippen LogP contribution >= 0.6 is 11.3 Å². The van der Waals surface area contributed by atoms with Crippen LogP contribution in [-0.4, -0.2) is 66.9 Å². The number of hydrogen-bond donors (Lipinski definition) is 2. The predicted octanol–water partition coefficient (Wildman–Crippen LogP) is 3.15. The molecule has 7 nitrogen and oxygen atoms in total. The van der Waals surface area contributed by atoms with Crippen molar-refractivity contribution in [2.24, 2.45) is 0 Å². The number of thiophene rings is 1. The monoisotopic (exact) mass is 463 g/mol. The Morgan fingerprint density at radius 2 is 1.91 bits per heavy atom. The maximum Gasteiger partial charge on any atom is 0.252 e. The van der Waals surface area contributed by atoms with Crippen LogP contribution in [0.1, 0.15) is 75.1 Å². The van der Waals surface area contributed by atoms with Gasteiger partial charge in [0.2, 0.25) is 5.91 Å². The minimum atomic E-state index is -0.567. The Morgan fingerprint density at radius 1 is 1.16 bits per heavy atom. The Hall–Kier alpha value is -1.77. The van der Waals surface area contributed by atoms with E-state index in [1.807, 2.05) is 5.38 Å². The quantitative estimate of drug-likeness (QED) is 0.465. The molecular formula is C24H37N3O4S. The average molecular weight is 464 g/mol. The van der Waals surface area contributed by atoms with Gasteiger partial charge in [-0.1, -0.05) is 25.7 Å². The molecule has 0 bridgehead atoms. The first-order valence-electron chi connectivity index (χ1n) is 11.9. The Labute approximate surface area is 195 Å². The second-order valence-corrected chi connectivity index (χ2v) is 9.87. The van der Waals surface area contributed by atoms with Crippen molar-refractivity contribution < 1.29 is 19.1 Å². The van der Waals surface area contributed by atoms with Crippen LogP contribution in [0.2, 0.25) is 0 Å². The highest BCUT2D eigenvalue weighted by Crippen LogP contribution is 2.35. The molecule has 178 valence electrons. The number of nitrogens with zero attached hydrogens (tertiary/aromatic N) is 1. The first-order valence-corrected chi connectivity index (χ1v) is 12.9. The molecule has 1 saturated carbocycles. The summed E-state index contributed by atoms with van der Waals surface area (Å²) in [6, 6.07) is 1.20. The van der Waals surface area contributed by atoms with Gasteiger partial charge in [-0.3, -0.25) is 14.5 Å². The first kappa shape index (κ1) is 24.9. The lowest BCUT2D eigenvalue weighted by atomic mass is 9.94. The third kappa shape index (κ3) is 7.12. The molecule has 2 N–H and O–H groups in total. The summed E-state index contributed by atoms with van der Waals surface area (Å²) in [5, 5.41) is 9.78. The van der Waals surface area contributed by atoms with Gasteiger partial charge in [0.15, 0.2) is 0 Å². The van der Waals surface area contributed by atoms with Gasteiger partial charge in [-0.2, -0.15) is 11.3 Å². The highest BCUT2D eigenvalue weighted by Gasteiger charge is 2.40. The van der Waals surface area contributed by atoms with Gasteiger partial charge in [-0.25, -0.2) is 0 Å². The number of ether oxygens (including phenoxy) is 1. The van der Waals surface area contributed by atoms with Crippen molar-refractivity contribution >= 4 is 28.9 Å². The van der Waals surface area contributed by atoms with Gasteiger partial charge >= 0.3 is 0 Å². The largest absolute Gasteiger partial charge is 0.379 e. The number of nitrogens with one attached hydrogen (secondary N) is 2. The standard InChI is InChI=1S/C24H37N3O4S/c1-19(28)7-3-2-4-8-21(26-22(29)20-9-16-32-17-20)23(30)25-18-24(10-5-6-11-24)27-12-14-31-15-13-27/h9,16-17,21H,2-8,10-15,18H2,1H3,(H,25,30)(H,26,29)/t21-/m0/s1. The zero-order chi connectivity index (χ0) is 22.8. The Morgan fingerprint density at radius 3 is 2.56 bits per heavy atom. The summed E-state index contributed by atoms with van der Waals surface area (Å²) in [5.41, 5.74) is 0.591. The van der Waals surface area contributed by atoms with E-state index >= 15 is 0 Å². The number of ketones is 1. The van der Waals surface area contributed by atoms with E-state index in [2.05, 4.69) is 15.5 Å². The third-order valence-electron chi connectivity index (χ3n) is 6.73. The van der Waals surface area contributed by atoms with Crippen LogP contribution in [0.25, 0.3) is 0 Å². The molecule has 1 aliphatic carbocycles. The Bertz CT molecular complexity index is 740. The fourth-order valence-corrected chi connectivity index (χ4v) is 5.49. The van der Waals surface area contributed by atoms with Crippen LogP contribution < -0.4 is 10.6 Å². The van der Waals surface area contributed by atoms with Gasteiger partial charge < -0.3 is 20.2 Å². The van der Waals surface area contributed by atoms with Gasteiger partial charge in [0.1, 0.15) is 11.8 Å². The number of carbonyl (C=O) groups excluding carboxylic acids is 3. The molecule has 1 aliphatic heterocycles. The van der Waals surface area contributed by atoms with E-state index in [0.29, 0.717) is 24.9 Å². The molecule has 1 atom stereocenters. The van der Waals surface area contributed by atoms with Crippen LogP contribution in [0.5, 0.6) is 0 Å². The molecule has 2 fully saturated rings. The van der Waals surface area contributed by atoms with Crippen LogP contribution in [0.3, 0.4) is 0 Å². The maximum atomic E-state index is 13.2. The van der Waals surface area contributed by atoms with E-state index in [0.717, 1.165) is 58.4 Å². The molecule has 1 saturated heterocycles. The zero-order valence-corrected chi connectivity index (χ0v) is 20.0. The number of amides is 2. The minimum Gasteiger partial charge on any atom is -0.379 e. The summed E-state index contributed by atoms with van der Waals surface area (Å²) < 4.78 is 5.53. The van der Waals surface area contributed by atoms with E-state index in [-0.39, 0.29) is 23.1 Å². The molecular weight excluding hydrogens is 426 g/mol. The second-order valence-electron chi connectivity index (χ2n) is 9.09. The van der Waals surface area contributed by atoms with E-state index < -0.39 is 6.04 Å². The number of rotatable bonds is 12. The topological polar surface area (TPSA) is 87.7 Å². The van der Waals surface area contributed by atoms with Crippen molar-refractivity contribution in [3.8, 4) is 0 Å². The number of morpholine rings is 1. The molecule has 1 aromatic heterocycles. The van der Waals surface area contributed by atoms with Gasteiger partial charge in [0, 0.05) is 37.0 Å². The molecule has 0 radical (unpaired) electrons. The van der Waals surface area contributed by atoms with Crippen molar-refractivity contribution in [3.05, 3.63) is 22.4 Å². The van der Waals surface area contributed by atoms with Crippen LogP contribution in [0.15, 0.2) is 16.8 Å². The van der Waals surface area contributed by atoms with Gasteiger partial charge in [-0.15, -0.1) is 0 Å². The molecule has 1 aromatic rings. The Balaban J connectivity index is 1.58. The molecule has 3 rings (SSSR count). The lowest BCUT2D eigenvalue weighted by Crippen LogP contribution is -2.59. The van der Waals surface area contributed by atoms with Gasteiger partial charge in [0.25, 0.3) is 5.91 Å². The van der Waals surface area contributed by atoms with Crippen LogP contribution in [0, 0.1) is 0 Å². The van der Waals surface area contributed by atoms with Crippen LogP contribution in [0.4, 0.5) is 0 Å². The lowest BCUT2D eigenvalue weighted by molar-refractivity contribution is -0.124. The first-order chi connectivity index (χ1) is 15.5. The normalized spacial score (nSPS) is 19.4. The fourth-order valence-electron chi connectivity index (χ4n) is 4.85. The smallest absolute Gasteiger partial charge is 0.252 e. The fraction of sp³-hybridized carbons (Fsp3) is 0.708. The molecule has 2 amide bonds. The van der Waals surface area contributed by atoms with Crippen molar-refractivity contribution in [2.45, 2.75) is 76.3 Å². The highest BCUT2D eigenvalue weighted by atomic mass is 32.1. The molecule has 2 heterocycles. The van der Waals surface area contributed by atoms with Crippen molar-refractivity contribution in [1.82, 2.24) is 15.5 Å². The van der Waals surface area contributed by atoms with Gasteiger partial charge in [0.05, 0.1) is 18.8 Å². The SMILES string of the molecule is CC(=O)CCCCC[C@H](NC(=O)c1ccsc1)C(=O)NCC1(N2CCOCC2)CCCC1. The van der Waals surface area contributed by atoms with E-state index in [1.165, 1.54) is 24.2 Å². The molecule has 2 aliphatic rings.